The summed E-state index contributed by atoms with van der Waals surface area (Å²) in [5.41, 5.74) is -1.24. The average molecular weight is 244 g/mol. The summed E-state index contributed by atoms with van der Waals surface area (Å²) in [7, 11) is 0. The number of carbonyl (C=O) groups excluding carboxylic acids is 2. The SMILES string of the molecule is CC(=O)NC1(CO)CN(C(=O)OC(C)(C)C)C1. The molecule has 1 fully saturated rings. The molecule has 0 aliphatic carbocycles. The summed E-state index contributed by atoms with van der Waals surface area (Å²) in [6.07, 6.45) is -0.424. The maximum atomic E-state index is 11.6. The Morgan fingerprint density at radius 3 is 2.29 bits per heavy atom. The molecule has 0 radical (unpaired) electrons. The lowest BCUT2D eigenvalue weighted by atomic mass is 9.91. The molecule has 1 saturated heterocycles. The van der Waals surface area contributed by atoms with Gasteiger partial charge in [-0.25, -0.2) is 4.79 Å². The highest BCUT2D eigenvalue weighted by atomic mass is 16.6. The van der Waals surface area contributed by atoms with Gasteiger partial charge in [0.15, 0.2) is 0 Å². The summed E-state index contributed by atoms with van der Waals surface area (Å²) in [4.78, 5) is 24.1. The van der Waals surface area contributed by atoms with Crippen molar-refractivity contribution in [3.05, 3.63) is 0 Å². The third-order valence-electron chi connectivity index (χ3n) is 2.38. The number of aliphatic hydroxyl groups excluding tert-OH is 1. The zero-order chi connectivity index (χ0) is 13.3. The predicted octanol–water partition coefficient (Wildman–Crippen LogP) is 0.104. The number of hydrogen-bond donors (Lipinski definition) is 2. The largest absolute Gasteiger partial charge is 0.444 e. The van der Waals surface area contributed by atoms with Gasteiger partial charge >= 0.3 is 6.09 Å². The van der Waals surface area contributed by atoms with Gasteiger partial charge in [-0.2, -0.15) is 0 Å². The van der Waals surface area contributed by atoms with Crippen LogP contribution in [0.3, 0.4) is 0 Å². The molecule has 98 valence electrons. The molecule has 17 heavy (non-hydrogen) atoms. The number of aliphatic hydroxyl groups is 1. The third kappa shape index (κ3) is 3.59. The maximum Gasteiger partial charge on any atom is 0.410 e. The van der Waals surface area contributed by atoms with E-state index in [1.54, 1.807) is 20.8 Å². The van der Waals surface area contributed by atoms with Gasteiger partial charge in [-0.3, -0.25) is 4.79 Å². The lowest BCUT2D eigenvalue weighted by molar-refractivity contribution is -0.124. The lowest BCUT2D eigenvalue weighted by Crippen LogP contribution is -2.73. The van der Waals surface area contributed by atoms with Crippen LogP contribution in [0.4, 0.5) is 4.79 Å². The Kier molecular flexibility index (Phi) is 3.66. The van der Waals surface area contributed by atoms with E-state index >= 15 is 0 Å². The standard InChI is InChI=1S/C11H20N2O4/c1-8(15)12-11(7-14)5-13(6-11)9(16)17-10(2,3)4/h14H,5-7H2,1-4H3,(H,12,15). The van der Waals surface area contributed by atoms with Gasteiger partial charge in [-0.1, -0.05) is 0 Å². The van der Waals surface area contributed by atoms with Crippen LogP contribution in [0, 0.1) is 0 Å². The fourth-order valence-corrected chi connectivity index (χ4v) is 1.73. The molecule has 0 atom stereocenters. The summed E-state index contributed by atoms with van der Waals surface area (Å²) in [6.45, 7) is 7.11. The molecule has 6 heteroatoms. The van der Waals surface area contributed by atoms with Crippen LogP contribution in [-0.2, 0) is 9.53 Å². The minimum atomic E-state index is -0.706. The first-order valence-electron chi connectivity index (χ1n) is 5.55. The monoisotopic (exact) mass is 244 g/mol. The van der Waals surface area contributed by atoms with E-state index in [4.69, 9.17) is 4.74 Å². The number of rotatable bonds is 2. The highest BCUT2D eigenvalue weighted by Crippen LogP contribution is 2.23. The molecule has 1 aliphatic heterocycles. The molecular weight excluding hydrogens is 224 g/mol. The van der Waals surface area contributed by atoms with Gasteiger partial charge in [-0.05, 0) is 20.8 Å². The van der Waals surface area contributed by atoms with Crippen molar-refractivity contribution >= 4 is 12.0 Å². The normalized spacial score (nSPS) is 18.3. The number of amides is 2. The van der Waals surface area contributed by atoms with E-state index in [2.05, 4.69) is 5.32 Å². The second-order valence-electron chi connectivity index (χ2n) is 5.46. The molecule has 0 unspecified atom stereocenters. The van der Waals surface area contributed by atoms with Crippen molar-refractivity contribution in [3.63, 3.8) is 0 Å². The average Bonchev–Trinajstić information content (AvgIpc) is 2.06. The molecule has 0 spiro atoms. The molecule has 0 aromatic carbocycles. The van der Waals surface area contributed by atoms with Crippen LogP contribution in [0.2, 0.25) is 0 Å². The molecule has 0 saturated carbocycles. The molecule has 1 heterocycles. The first-order chi connectivity index (χ1) is 7.67. The van der Waals surface area contributed by atoms with E-state index in [0.29, 0.717) is 0 Å². The highest BCUT2D eigenvalue weighted by molar-refractivity contribution is 5.75. The zero-order valence-corrected chi connectivity index (χ0v) is 10.7. The summed E-state index contributed by atoms with van der Waals surface area (Å²) in [5, 5.41) is 11.9. The smallest absolute Gasteiger partial charge is 0.410 e. The number of carbonyl (C=O) groups is 2. The van der Waals surface area contributed by atoms with Gasteiger partial charge < -0.3 is 20.1 Å². The molecule has 0 aromatic heterocycles. The first kappa shape index (κ1) is 13.8. The summed E-state index contributed by atoms with van der Waals surface area (Å²) >= 11 is 0. The number of likely N-dealkylation sites (tertiary alicyclic amines) is 1. The van der Waals surface area contributed by atoms with Crippen molar-refractivity contribution in [2.24, 2.45) is 0 Å². The van der Waals surface area contributed by atoms with E-state index < -0.39 is 17.2 Å². The Balaban J connectivity index is 2.49. The highest BCUT2D eigenvalue weighted by Gasteiger charge is 2.46. The van der Waals surface area contributed by atoms with E-state index in [1.165, 1.54) is 11.8 Å². The Morgan fingerprint density at radius 2 is 1.94 bits per heavy atom. The summed E-state index contributed by atoms with van der Waals surface area (Å²) < 4.78 is 5.18. The quantitative estimate of drug-likeness (QED) is 0.722. The third-order valence-corrected chi connectivity index (χ3v) is 2.38. The van der Waals surface area contributed by atoms with E-state index in [-0.39, 0.29) is 25.6 Å². The number of ether oxygens (including phenoxy) is 1. The van der Waals surface area contributed by atoms with Crippen molar-refractivity contribution < 1.29 is 19.4 Å². The number of nitrogens with zero attached hydrogens (tertiary/aromatic N) is 1. The van der Waals surface area contributed by atoms with Crippen LogP contribution >= 0.6 is 0 Å². The van der Waals surface area contributed by atoms with E-state index in [0.717, 1.165) is 0 Å². The second kappa shape index (κ2) is 4.52. The van der Waals surface area contributed by atoms with Gasteiger partial charge in [0.2, 0.25) is 5.91 Å². The van der Waals surface area contributed by atoms with E-state index in [9.17, 15) is 14.7 Å². The van der Waals surface area contributed by atoms with Crippen LogP contribution < -0.4 is 5.32 Å². The van der Waals surface area contributed by atoms with Crippen molar-refractivity contribution in [1.29, 1.82) is 0 Å². The lowest BCUT2D eigenvalue weighted by Gasteiger charge is -2.48. The van der Waals surface area contributed by atoms with Gasteiger partial charge in [0.25, 0.3) is 0 Å². The molecule has 2 N–H and O–H groups in total. The van der Waals surface area contributed by atoms with Gasteiger partial charge in [-0.15, -0.1) is 0 Å². The molecule has 1 rings (SSSR count). The Bertz CT molecular complexity index is 316. The predicted molar refractivity (Wildman–Crippen MR) is 61.4 cm³/mol. The number of nitrogens with one attached hydrogen (secondary N) is 1. The van der Waals surface area contributed by atoms with Crippen molar-refractivity contribution in [1.82, 2.24) is 10.2 Å². The number of hydrogen-bond acceptors (Lipinski definition) is 4. The van der Waals surface area contributed by atoms with Gasteiger partial charge in [0.1, 0.15) is 5.60 Å². The zero-order valence-electron chi connectivity index (χ0n) is 10.7. The van der Waals surface area contributed by atoms with Crippen molar-refractivity contribution in [2.45, 2.75) is 38.8 Å². The fourth-order valence-electron chi connectivity index (χ4n) is 1.73. The Labute approximate surface area is 101 Å². The van der Waals surface area contributed by atoms with Gasteiger partial charge in [0, 0.05) is 6.92 Å². The minimum absolute atomic E-state index is 0.189. The van der Waals surface area contributed by atoms with Crippen LogP contribution in [0.5, 0.6) is 0 Å². The second-order valence-corrected chi connectivity index (χ2v) is 5.46. The fraction of sp³-hybridized carbons (Fsp3) is 0.818. The molecule has 1 aliphatic rings. The van der Waals surface area contributed by atoms with Gasteiger partial charge in [0.05, 0.1) is 25.2 Å². The summed E-state index contributed by atoms with van der Waals surface area (Å²) in [5.74, 6) is -0.220. The van der Waals surface area contributed by atoms with Crippen molar-refractivity contribution in [3.8, 4) is 0 Å². The Hall–Kier alpha value is -1.30. The van der Waals surface area contributed by atoms with E-state index in [1.807, 2.05) is 0 Å². The molecule has 2 amide bonds. The van der Waals surface area contributed by atoms with Crippen LogP contribution in [0.25, 0.3) is 0 Å². The summed E-state index contributed by atoms with van der Waals surface area (Å²) in [6, 6.07) is 0. The molecule has 0 aromatic rings. The molecule has 0 bridgehead atoms. The topological polar surface area (TPSA) is 78.9 Å². The first-order valence-corrected chi connectivity index (χ1v) is 5.55. The molecule has 6 nitrogen and oxygen atoms in total. The van der Waals surface area contributed by atoms with Crippen LogP contribution in [0.1, 0.15) is 27.7 Å². The maximum absolute atomic E-state index is 11.6. The minimum Gasteiger partial charge on any atom is -0.444 e. The van der Waals surface area contributed by atoms with Crippen molar-refractivity contribution in [2.75, 3.05) is 19.7 Å². The van der Waals surface area contributed by atoms with Crippen LogP contribution in [0.15, 0.2) is 0 Å². The van der Waals surface area contributed by atoms with Crippen LogP contribution in [-0.4, -0.2) is 52.8 Å². The Morgan fingerprint density at radius 1 is 1.41 bits per heavy atom. The molecular formula is C11H20N2O4.